The van der Waals surface area contributed by atoms with Crippen molar-refractivity contribution in [2.75, 3.05) is 0 Å². The van der Waals surface area contributed by atoms with Gasteiger partial charge in [0.1, 0.15) is 6.29 Å². The molecule has 1 nitrogen and oxygen atoms in total. The van der Waals surface area contributed by atoms with Crippen LogP contribution in [0.15, 0.2) is 12.2 Å². The first kappa shape index (κ1) is 13.5. The predicted molar refractivity (Wildman–Crippen MR) is 69.4 cm³/mol. The number of hydrogen-bond donors (Lipinski definition) is 0. The van der Waals surface area contributed by atoms with E-state index >= 15 is 0 Å². The van der Waals surface area contributed by atoms with Crippen molar-refractivity contribution in [2.45, 2.75) is 65.2 Å². The lowest BCUT2D eigenvalue weighted by molar-refractivity contribution is -0.117. The molecule has 0 saturated carbocycles. The number of allylic oxidation sites excluding steroid dienone is 2. The second-order valence-corrected chi connectivity index (χ2v) is 5.40. The van der Waals surface area contributed by atoms with Gasteiger partial charge in [0.15, 0.2) is 0 Å². The molecule has 0 amide bonds. The molecule has 0 fully saturated rings. The SMILES string of the molecule is CCCCCC[C@@](C)(C=O)[C@H]1C=CCCC1. The standard InChI is InChI=1S/C15H26O/c1-3-4-5-9-12-15(2,13-16)14-10-7-6-8-11-14/h7,10,13-14H,3-6,8-9,11-12H2,1-2H3/t14-,15-/m0/s1. The minimum atomic E-state index is -0.106. The van der Waals surface area contributed by atoms with Crippen molar-refractivity contribution < 1.29 is 4.79 Å². The molecule has 0 aromatic rings. The van der Waals surface area contributed by atoms with Crippen LogP contribution < -0.4 is 0 Å². The fourth-order valence-electron chi connectivity index (χ4n) is 2.63. The van der Waals surface area contributed by atoms with Crippen LogP contribution in [0.3, 0.4) is 0 Å². The van der Waals surface area contributed by atoms with E-state index in [1.54, 1.807) is 0 Å². The first-order valence-electron chi connectivity index (χ1n) is 6.86. The van der Waals surface area contributed by atoms with Gasteiger partial charge in [0.2, 0.25) is 0 Å². The zero-order valence-corrected chi connectivity index (χ0v) is 10.9. The molecule has 0 radical (unpaired) electrons. The molecular weight excluding hydrogens is 196 g/mol. The first-order chi connectivity index (χ1) is 7.73. The Kier molecular flexibility index (Phi) is 5.79. The molecule has 0 N–H and O–H groups in total. The van der Waals surface area contributed by atoms with Crippen LogP contribution in [0.4, 0.5) is 0 Å². The van der Waals surface area contributed by atoms with Crippen LogP contribution in [-0.4, -0.2) is 6.29 Å². The summed E-state index contributed by atoms with van der Waals surface area (Å²) in [6.45, 7) is 4.37. The van der Waals surface area contributed by atoms with Gasteiger partial charge in [-0.3, -0.25) is 0 Å². The molecule has 92 valence electrons. The fourth-order valence-corrected chi connectivity index (χ4v) is 2.63. The topological polar surface area (TPSA) is 17.1 Å². The van der Waals surface area contributed by atoms with E-state index in [9.17, 15) is 4.79 Å². The molecule has 0 bridgehead atoms. The number of hydrogen-bond acceptors (Lipinski definition) is 1. The summed E-state index contributed by atoms with van der Waals surface area (Å²) >= 11 is 0. The van der Waals surface area contributed by atoms with Crippen molar-refractivity contribution >= 4 is 6.29 Å². The molecule has 0 unspecified atom stereocenters. The summed E-state index contributed by atoms with van der Waals surface area (Å²) in [6, 6.07) is 0. The predicted octanol–water partition coefficient (Wildman–Crippen LogP) is 4.52. The Morgan fingerprint density at radius 1 is 1.38 bits per heavy atom. The third-order valence-electron chi connectivity index (χ3n) is 3.94. The Balaban J connectivity index is 2.44. The molecule has 0 aromatic heterocycles. The van der Waals surface area contributed by atoms with Crippen LogP contribution in [-0.2, 0) is 4.79 Å². The smallest absolute Gasteiger partial charge is 0.126 e. The summed E-state index contributed by atoms with van der Waals surface area (Å²) in [5, 5.41) is 0. The minimum Gasteiger partial charge on any atom is -0.303 e. The fraction of sp³-hybridized carbons (Fsp3) is 0.800. The monoisotopic (exact) mass is 222 g/mol. The zero-order valence-electron chi connectivity index (χ0n) is 10.9. The van der Waals surface area contributed by atoms with Crippen LogP contribution in [0.25, 0.3) is 0 Å². The van der Waals surface area contributed by atoms with E-state index < -0.39 is 0 Å². The molecule has 16 heavy (non-hydrogen) atoms. The zero-order chi connectivity index (χ0) is 11.9. The molecule has 0 aliphatic heterocycles. The van der Waals surface area contributed by atoms with Gasteiger partial charge in [-0.05, 0) is 31.6 Å². The van der Waals surface area contributed by atoms with Crippen molar-refractivity contribution in [2.24, 2.45) is 11.3 Å². The van der Waals surface area contributed by atoms with E-state index in [1.165, 1.54) is 51.2 Å². The number of unbranched alkanes of at least 4 members (excludes halogenated alkanes) is 3. The lowest BCUT2D eigenvalue weighted by atomic mass is 9.71. The third kappa shape index (κ3) is 3.77. The van der Waals surface area contributed by atoms with E-state index in [2.05, 4.69) is 26.0 Å². The summed E-state index contributed by atoms with van der Waals surface area (Å²) in [7, 11) is 0. The molecule has 0 saturated heterocycles. The molecule has 0 heterocycles. The van der Waals surface area contributed by atoms with Gasteiger partial charge in [0.05, 0.1) is 0 Å². The molecule has 2 atom stereocenters. The van der Waals surface area contributed by atoms with Gasteiger partial charge in [-0.25, -0.2) is 0 Å². The van der Waals surface area contributed by atoms with Crippen LogP contribution in [0, 0.1) is 11.3 Å². The highest BCUT2D eigenvalue weighted by atomic mass is 16.1. The van der Waals surface area contributed by atoms with Gasteiger partial charge < -0.3 is 4.79 Å². The molecule has 1 aliphatic carbocycles. The highest BCUT2D eigenvalue weighted by Gasteiger charge is 2.32. The maximum atomic E-state index is 11.4. The van der Waals surface area contributed by atoms with E-state index in [-0.39, 0.29) is 5.41 Å². The quantitative estimate of drug-likeness (QED) is 0.352. The maximum Gasteiger partial charge on any atom is 0.126 e. The second-order valence-electron chi connectivity index (χ2n) is 5.40. The molecule has 1 rings (SSSR count). The third-order valence-corrected chi connectivity index (χ3v) is 3.94. The Hall–Kier alpha value is -0.590. The number of rotatable bonds is 7. The summed E-state index contributed by atoms with van der Waals surface area (Å²) < 4.78 is 0. The van der Waals surface area contributed by atoms with Crippen molar-refractivity contribution in [1.29, 1.82) is 0 Å². The maximum absolute atomic E-state index is 11.4. The van der Waals surface area contributed by atoms with Crippen LogP contribution in [0.5, 0.6) is 0 Å². The Bertz CT molecular complexity index is 232. The molecule has 1 heteroatoms. The van der Waals surface area contributed by atoms with Crippen molar-refractivity contribution in [1.82, 2.24) is 0 Å². The van der Waals surface area contributed by atoms with Gasteiger partial charge in [-0.2, -0.15) is 0 Å². The Labute approximate surface area is 100 Å². The van der Waals surface area contributed by atoms with E-state index in [0.29, 0.717) is 5.92 Å². The normalized spacial score (nSPS) is 24.0. The molecular formula is C15H26O. The molecule has 0 aromatic carbocycles. The lowest BCUT2D eigenvalue weighted by Gasteiger charge is -2.32. The van der Waals surface area contributed by atoms with E-state index in [1.807, 2.05) is 0 Å². The van der Waals surface area contributed by atoms with Gasteiger partial charge in [-0.15, -0.1) is 0 Å². The number of carbonyl (C=O) groups is 1. The molecule has 0 spiro atoms. The summed E-state index contributed by atoms with van der Waals surface area (Å²) in [5.74, 6) is 0.486. The van der Waals surface area contributed by atoms with Crippen molar-refractivity contribution in [3.8, 4) is 0 Å². The van der Waals surface area contributed by atoms with Gasteiger partial charge in [-0.1, -0.05) is 51.7 Å². The average molecular weight is 222 g/mol. The lowest BCUT2D eigenvalue weighted by Crippen LogP contribution is -2.29. The average Bonchev–Trinajstić information content (AvgIpc) is 2.35. The van der Waals surface area contributed by atoms with Crippen LogP contribution >= 0.6 is 0 Å². The van der Waals surface area contributed by atoms with Gasteiger partial charge >= 0.3 is 0 Å². The highest BCUT2D eigenvalue weighted by Crippen LogP contribution is 2.37. The van der Waals surface area contributed by atoms with Crippen LogP contribution in [0.2, 0.25) is 0 Å². The highest BCUT2D eigenvalue weighted by molar-refractivity contribution is 5.59. The molecule has 1 aliphatic rings. The summed E-state index contributed by atoms with van der Waals surface area (Å²) in [6.07, 6.45) is 15.5. The van der Waals surface area contributed by atoms with Crippen molar-refractivity contribution in [3.05, 3.63) is 12.2 Å². The number of carbonyl (C=O) groups excluding carboxylic acids is 1. The van der Waals surface area contributed by atoms with E-state index in [0.717, 1.165) is 6.42 Å². The summed E-state index contributed by atoms with van der Waals surface area (Å²) in [4.78, 5) is 11.4. The van der Waals surface area contributed by atoms with Gasteiger partial charge in [0.25, 0.3) is 0 Å². The second kappa shape index (κ2) is 6.88. The van der Waals surface area contributed by atoms with Gasteiger partial charge in [0, 0.05) is 5.41 Å². The largest absolute Gasteiger partial charge is 0.303 e. The first-order valence-corrected chi connectivity index (χ1v) is 6.86. The van der Waals surface area contributed by atoms with Crippen LogP contribution in [0.1, 0.15) is 65.2 Å². The Morgan fingerprint density at radius 3 is 2.75 bits per heavy atom. The number of aldehydes is 1. The van der Waals surface area contributed by atoms with Crippen molar-refractivity contribution in [3.63, 3.8) is 0 Å². The summed E-state index contributed by atoms with van der Waals surface area (Å²) in [5.41, 5.74) is -0.106. The van der Waals surface area contributed by atoms with E-state index in [4.69, 9.17) is 0 Å². The minimum absolute atomic E-state index is 0.106. The Morgan fingerprint density at radius 2 is 2.19 bits per heavy atom.